The highest BCUT2D eigenvalue weighted by Gasteiger charge is 2.39. The van der Waals surface area contributed by atoms with Crippen LogP contribution in [0.25, 0.3) is 11.3 Å². The van der Waals surface area contributed by atoms with E-state index in [1.807, 2.05) is 38.1 Å². The topological polar surface area (TPSA) is 57.4 Å². The van der Waals surface area contributed by atoms with Gasteiger partial charge in [-0.05, 0) is 44.0 Å². The number of terminal acetylenes is 1. The average Bonchev–Trinajstić information content (AvgIpc) is 3.21. The molecule has 7 heteroatoms. The molecule has 2 N–H and O–H groups in total. The number of ether oxygens (including phenoxy) is 2. The summed E-state index contributed by atoms with van der Waals surface area (Å²) in [5, 5.41) is 0.612. The van der Waals surface area contributed by atoms with Crippen molar-refractivity contribution in [3.05, 3.63) is 68.8 Å². The van der Waals surface area contributed by atoms with Crippen LogP contribution in [0, 0.1) is 32.0 Å². The average molecular weight is 501 g/mol. The first-order valence-corrected chi connectivity index (χ1v) is 12.5. The molecule has 1 heterocycles. The Morgan fingerprint density at radius 1 is 1.26 bits per heavy atom. The zero-order valence-corrected chi connectivity index (χ0v) is 21.5. The van der Waals surface area contributed by atoms with E-state index in [-0.39, 0.29) is 24.4 Å². The van der Waals surface area contributed by atoms with Crippen molar-refractivity contribution in [1.82, 2.24) is 4.98 Å². The summed E-state index contributed by atoms with van der Waals surface area (Å²) < 4.78 is 25.5. The smallest absolute Gasteiger partial charge is 0.162 e. The molecule has 180 valence electrons. The quantitative estimate of drug-likeness (QED) is 0.250. The fourth-order valence-electron chi connectivity index (χ4n) is 4.15. The van der Waals surface area contributed by atoms with Crippen molar-refractivity contribution < 1.29 is 13.9 Å². The molecule has 2 atom stereocenters. The number of nitrogens with zero attached hydrogens (tertiary/aromatic N) is 1. The number of aromatic nitrogens is 1. The summed E-state index contributed by atoms with van der Waals surface area (Å²) >= 11 is 7.29. The van der Waals surface area contributed by atoms with Gasteiger partial charge in [-0.1, -0.05) is 54.6 Å². The minimum absolute atomic E-state index is 0.0283. The summed E-state index contributed by atoms with van der Waals surface area (Å²) in [6.07, 6.45) is 7.57. The fraction of sp³-hybridized carbons (Fsp3) is 0.370. The maximum absolute atomic E-state index is 14.8. The normalized spacial score (nSPS) is 13.8. The predicted molar refractivity (Wildman–Crippen MR) is 138 cm³/mol. The Bertz CT molecular complexity index is 1190. The van der Waals surface area contributed by atoms with Gasteiger partial charge in [0.05, 0.1) is 12.3 Å². The van der Waals surface area contributed by atoms with Gasteiger partial charge in [0.25, 0.3) is 0 Å². The van der Waals surface area contributed by atoms with Crippen LogP contribution in [0.5, 0.6) is 5.75 Å². The third-order valence-electron chi connectivity index (χ3n) is 5.90. The van der Waals surface area contributed by atoms with Crippen molar-refractivity contribution in [3.63, 3.8) is 0 Å². The second-order valence-electron chi connectivity index (χ2n) is 8.32. The number of nitrogens with two attached hydrogens (primary N) is 1. The number of methoxy groups -OCH3 is 1. The van der Waals surface area contributed by atoms with Crippen LogP contribution in [0.2, 0.25) is 0 Å². The Labute approximate surface area is 210 Å². The molecule has 2 aromatic carbocycles. The Hall–Kier alpha value is -2.43. The third-order valence-corrected chi connectivity index (χ3v) is 7.13. The molecule has 0 aliphatic carbocycles. The van der Waals surface area contributed by atoms with Gasteiger partial charge in [0.2, 0.25) is 0 Å². The van der Waals surface area contributed by atoms with Crippen LogP contribution in [0.4, 0.5) is 4.39 Å². The first-order chi connectivity index (χ1) is 16.3. The summed E-state index contributed by atoms with van der Waals surface area (Å²) in [5.74, 6) is 2.80. The van der Waals surface area contributed by atoms with Crippen LogP contribution in [0.1, 0.15) is 52.3 Å². The number of thiazole rings is 1. The molecule has 34 heavy (non-hydrogen) atoms. The monoisotopic (exact) mass is 500 g/mol. The lowest BCUT2D eigenvalue weighted by Gasteiger charge is -2.32. The Morgan fingerprint density at radius 3 is 2.65 bits per heavy atom. The van der Waals surface area contributed by atoms with Crippen LogP contribution in [-0.4, -0.2) is 18.2 Å². The van der Waals surface area contributed by atoms with Gasteiger partial charge in [-0.15, -0.1) is 17.8 Å². The van der Waals surface area contributed by atoms with E-state index >= 15 is 0 Å². The first-order valence-electron chi connectivity index (χ1n) is 11.1. The van der Waals surface area contributed by atoms with Gasteiger partial charge in [-0.2, -0.15) is 0 Å². The summed E-state index contributed by atoms with van der Waals surface area (Å²) in [6.45, 7) is 6.24. The van der Waals surface area contributed by atoms with Crippen LogP contribution >= 0.6 is 22.9 Å². The molecular formula is C27H30ClFN2O2S. The first kappa shape index (κ1) is 26.2. The Balaban J connectivity index is 2.11. The maximum atomic E-state index is 14.8. The molecule has 1 unspecified atom stereocenters. The molecule has 0 fully saturated rings. The molecule has 0 amide bonds. The zero-order chi connectivity index (χ0) is 24.9. The minimum Gasteiger partial charge on any atom is -0.477 e. The molecule has 3 aromatic rings. The molecule has 0 aliphatic heterocycles. The number of aryl methyl sites for hydroxylation is 2. The van der Waals surface area contributed by atoms with E-state index in [9.17, 15) is 4.39 Å². The van der Waals surface area contributed by atoms with Gasteiger partial charge < -0.3 is 15.2 Å². The van der Waals surface area contributed by atoms with Crippen molar-refractivity contribution in [2.75, 3.05) is 13.2 Å². The van der Waals surface area contributed by atoms with Crippen molar-refractivity contribution in [2.24, 2.45) is 5.73 Å². The Morgan fingerprint density at radius 2 is 2.03 bits per heavy atom. The van der Waals surface area contributed by atoms with Crippen LogP contribution in [-0.2, 0) is 16.9 Å². The van der Waals surface area contributed by atoms with Crippen molar-refractivity contribution in [1.29, 1.82) is 0 Å². The van der Waals surface area contributed by atoms with Gasteiger partial charge in [-0.3, -0.25) is 0 Å². The molecule has 0 saturated heterocycles. The van der Waals surface area contributed by atoms with Crippen LogP contribution < -0.4 is 10.5 Å². The van der Waals surface area contributed by atoms with Gasteiger partial charge >= 0.3 is 0 Å². The SMILES string of the molecule is C#CC(N)(c1nc(-c2cc(C)ccc2OCCl)c(C)s1)[C@@H](CCC)c1ccc(COC)c(F)c1. The zero-order valence-electron chi connectivity index (χ0n) is 20.0. The Kier molecular flexibility index (Phi) is 8.72. The molecule has 0 saturated carbocycles. The maximum Gasteiger partial charge on any atom is 0.162 e. The number of benzene rings is 2. The highest BCUT2D eigenvalue weighted by Crippen LogP contribution is 2.43. The van der Waals surface area contributed by atoms with Crippen molar-refractivity contribution in [3.8, 4) is 29.4 Å². The molecule has 0 radical (unpaired) electrons. The predicted octanol–water partition coefficient (Wildman–Crippen LogP) is 6.66. The highest BCUT2D eigenvalue weighted by molar-refractivity contribution is 7.12. The summed E-state index contributed by atoms with van der Waals surface area (Å²) in [4.78, 5) is 5.88. The van der Waals surface area contributed by atoms with Crippen LogP contribution in [0.15, 0.2) is 36.4 Å². The van der Waals surface area contributed by atoms with Gasteiger partial charge in [0, 0.05) is 29.0 Å². The van der Waals surface area contributed by atoms with E-state index < -0.39 is 5.54 Å². The second kappa shape index (κ2) is 11.3. The van der Waals surface area contributed by atoms with E-state index in [0.717, 1.165) is 33.7 Å². The fourth-order valence-corrected chi connectivity index (χ4v) is 5.31. The molecule has 4 nitrogen and oxygen atoms in total. The standard InChI is InChI=1S/C27H30ClFN2O2S/c1-6-8-22(19-10-11-20(15-32-5)23(29)14-19)27(30,7-2)26-31-25(18(4)34-26)21-13-17(3)9-12-24(21)33-16-28/h2,9-14,22H,6,8,15-16,30H2,1,3-5H3/t22-,27?/m0/s1. The van der Waals surface area contributed by atoms with E-state index in [4.69, 9.17) is 38.2 Å². The lowest BCUT2D eigenvalue weighted by atomic mass is 9.77. The largest absolute Gasteiger partial charge is 0.477 e. The lowest BCUT2D eigenvalue weighted by molar-refractivity contribution is 0.181. The summed E-state index contributed by atoms with van der Waals surface area (Å²) in [7, 11) is 1.54. The minimum atomic E-state index is -1.21. The van der Waals surface area contributed by atoms with E-state index in [2.05, 4.69) is 12.8 Å². The van der Waals surface area contributed by atoms with Gasteiger partial charge in [-0.25, -0.2) is 9.37 Å². The molecule has 0 bridgehead atoms. The lowest BCUT2D eigenvalue weighted by Crippen LogP contribution is -2.41. The number of halogens is 2. The number of rotatable bonds is 10. The van der Waals surface area contributed by atoms with E-state index in [1.54, 1.807) is 6.07 Å². The third kappa shape index (κ3) is 5.29. The molecule has 3 rings (SSSR count). The van der Waals surface area contributed by atoms with Gasteiger partial charge in [0.15, 0.2) is 6.07 Å². The molecular weight excluding hydrogens is 471 g/mol. The molecule has 0 spiro atoms. The number of hydrogen-bond acceptors (Lipinski definition) is 5. The van der Waals surface area contributed by atoms with Crippen molar-refractivity contribution in [2.45, 2.75) is 51.7 Å². The van der Waals surface area contributed by atoms with E-state index in [1.165, 1.54) is 24.5 Å². The summed E-state index contributed by atoms with van der Waals surface area (Å²) in [6, 6.07) is 11.0. The van der Waals surface area contributed by atoms with Crippen LogP contribution in [0.3, 0.4) is 0 Å². The number of hydrogen-bond donors (Lipinski definition) is 1. The van der Waals surface area contributed by atoms with Crippen molar-refractivity contribution >= 4 is 22.9 Å². The summed E-state index contributed by atoms with van der Waals surface area (Å²) in [5.41, 5.74) is 9.61. The number of alkyl halides is 1. The molecule has 1 aromatic heterocycles. The van der Waals surface area contributed by atoms with E-state index in [0.29, 0.717) is 22.7 Å². The molecule has 0 aliphatic rings. The second-order valence-corrected chi connectivity index (χ2v) is 9.74. The highest BCUT2D eigenvalue weighted by atomic mass is 35.5. The van der Waals surface area contributed by atoms with Gasteiger partial charge in [0.1, 0.15) is 22.1 Å².